The van der Waals surface area contributed by atoms with Crippen molar-refractivity contribution in [1.82, 2.24) is 9.88 Å². The number of amides is 1. The van der Waals surface area contributed by atoms with Crippen LogP contribution in [0, 0.1) is 6.92 Å². The third kappa shape index (κ3) is 4.24. The van der Waals surface area contributed by atoms with Crippen molar-refractivity contribution in [3.8, 4) is 5.75 Å². The van der Waals surface area contributed by atoms with E-state index in [9.17, 15) is 4.79 Å². The number of rotatable bonds is 5. The summed E-state index contributed by atoms with van der Waals surface area (Å²) in [5.41, 5.74) is 3.34. The second-order valence-corrected chi connectivity index (χ2v) is 8.41. The fourth-order valence-corrected chi connectivity index (χ4v) is 4.14. The molecule has 6 heteroatoms. The minimum absolute atomic E-state index is 0.166. The number of likely N-dealkylation sites (N-methyl/N-ethyl adjacent to an activating group) is 1. The lowest BCUT2D eigenvalue weighted by Gasteiger charge is -2.20. The lowest BCUT2D eigenvalue weighted by Crippen LogP contribution is -2.30. The highest BCUT2D eigenvalue weighted by molar-refractivity contribution is 7.15. The normalized spacial score (nSPS) is 15.6. The maximum atomic E-state index is 12.6. The predicted octanol–water partition coefficient (Wildman–Crippen LogP) is 3.97. The van der Waals surface area contributed by atoms with Crippen molar-refractivity contribution in [2.24, 2.45) is 0 Å². The van der Waals surface area contributed by atoms with Crippen LogP contribution in [0.2, 0.25) is 0 Å². The summed E-state index contributed by atoms with van der Waals surface area (Å²) in [6.45, 7) is 9.96. The number of benzene rings is 1. The van der Waals surface area contributed by atoms with Gasteiger partial charge in [-0.05, 0) is 44.0 Å². The SMILES string of the molecule is Cc1ccc(C(C)C)c(OC(C)C(=O)Nc2nc3c(s2)CN(C)CC3)c1. The topological polar surface area (TPSA) is 54.5 Å². The van der Waals surface area contributed by atoms with Crippen LogP contribution in [0.3, 0.4) is 0 Å². The van der Waals surface area contributed by atoms with E-state index >= 15 is 0 Å². The number of nitrogens with zero attached hydrogens (tertiary/aromatic N) is 2. The third-order valence-corrected chi connectivity index (χ3v) is 5.61. The highest BCUT2D eigenvalue weighted by Gasteiger charge is 2.22. The van der Waals surface area contributed by atoms with E-state index in [1.165, 1.54) is 4.88 Å². The fourth-order valence-electron chi connectivity index (χ4n) is 3.05. The van der Waals surface area contributed by atoms with Gasteiger partial charge in [-0.1, -0.05) is 26.0 Å². The maximum Gasteiger partial charge on any atom is 0.266 e. The molecular formula is C20H27N3O2S. The molecule has 0 aliphatic carbocycles. The van der Waals surface area contributed by atoms with Crippen molar-refractivity contribution in [1.29, 1.82) is 0 Å². The zero-order valence-electron chi connectivity index (χ0n) is 16.1. The summed E-state index contributed by atoms with van der Waals surface area (Å²) in [5, 5.41) is 3.59. The highest BCUT2D eigenvalue weighted by atomic mass is 32.1. The van der Waals surface area contributed by atoms with Crippen LogP contribution in [0.4, 0.5) is 5.13 Å². The first kappa shape index (κ1) is 18.9. The van der Waals surface area contributed by atoms with Crippen LogP contribution in [0.1, 0.15) is 48.4 Å². The fraction of sp³-hybridized carbons (Fsp3) is 0.500. The molecule has 3 rings (SSSR count). The minimum atomic E-state index is -0.585. The number of thiazole rings is 1. The number of anilines is 1. The molecule has 1 aliphatic rings. The van der Waals surface area contributed by atoms with Crippen molar-refractivity contribution < 1.29 is 9.53 Å². The van der Waals surface area contributed by atoms with Gasteiger partial charge in [-0.3, -0.25) is 10.1 Å². The Hall–Kier alpha value is -1.92. The first-order valence-corrected chi connectivity index (χ1v) is 9.90. The van der Waals surface area contributed by atoms with Gasteiger partial charge in [0.2, 0.25) is 0 Å². The van der Waals surface area contributed by atoms with Gasteiger partial charge in [-0.25, -0.2) is 4.98 Å². The van der Waals surface area contributed by atoms with Gasteiger partial charge in [0.25, 0.3) is 5.91 Å². The van der Waals surface area contributed by atoms with Crippen molar-refractivity contribution in [3.05, 3.63) is 39.9 Å². The molecule has 2 heterocycles. The Morgan fingerprint density at radius 2 is 2.12 bits per heavy atom. The monoisotopic (exact) mass is 373 g/mol. The van der Waals surface area contributed by atoms with Gasteiger partial charge >= 0.3 is 0 Å². The van der Waals surface area contributed by atoms with E-state index in [2.05, 4.69) is 48.2 Å². The van der Waals surface area contributed by atoms with Gasteiger partial charge in [0.1, 0.15) is 5.75 Å². The summed E-state index contributed by atoms with van der Waals surface area (Å²) in [7, 11) is 2.10. The van der Waals surface area contributed by atoms with Gasteiger partial charge in [0.05, 0.1) is 5.69 Å². The van der Waals surface area contributed by atoms with E-state index in [-0.39, 0.29) is 5.91 Å². The van der Waals surface area contributed by atoms with E-state index in [0.717, 1.165) is 42.1 Å². The average molecular weight is 374 g/mol. The summed E-state index contributed by atoms with van der Waals surface area (Å²) in [5.74, 6) is 0.951. The second kappa shape index (κ2) is 7.76. The Bertz CT molecular complexity index is 800. The summed E-state index contributed by atoms with van der Waals surface area (Å²) in [6.07, 6.45) is 0.351. The maximum absolute atomic E-state index is 12.6. The summed E-state index contributed by atoms with van der Waals surface area (Å²) >= 11 is 1.56. The van der Waals surface area contributed by atoms with Crippen molar-refractivity contribution >= 4 is 22.4 Å². The van der Waals surface area contributed by atoms with Crippen LogP contribution in [0.25, 0.3) is 0 Å². The van der Waals surface area contributed by atoms with Crippen molar-refractivity contribution in [2.75, 3.05) is 18.9 Å². The molecular weight excluding hydrogens is 346 g/mol. The lowest BCUT2D eigenvalue weighted by molar-refractivity contribution is -0.122. The van der Waals surface area contributed by atoms with Crippen LogP contribution in [-0.2, 0) is 17.8 Å². The molecule has 0 fully saturated rings. The molecule has 26 heavy (non-hydrogen) atoms. The van der Waals surface area contributed by atoms with Crippen molar-refractivity contribution in [2.45, 2.75) is 52.7 Å². The molecule has 0 saturated carbocycles. The Balaban J connectivity index is 1.68. The average Bonchev–Trinajstić information content (AvgIpc) is 2.95. The number of hydrogen-bond donors (Lipinski definition) is 1. The summed E-state index contributed by atoms with van der Waals surface area (Å²) in [6, 6.07) is 6.15. The molecule has 0 spiro atoms. The molecule has 0 radical (unpaired) electrons. The second-order valence-electron chi connectivity index (χ2n) is 7.32. The largest absolute Gasteiger partial charge is 0.481 e. The Labute approximate surface area is 159 Å². The Morgan fingerprint density at radius 3 is 2.85 bits per heavy atom. The smallest absolute Gasteiger partial charge is 0.266 e. The van der Waals surface area contributed by atoms with E-state index < -0.39 is 6.10 Å². The van der Waals surface area contributed by atoms with E-state index in [1.807, 2.05) is 13.0 Å². The summed E-state index contributed by atoms with van der Waals surface area (Å²) in [4.78, 5) is 20.7. The molecule has 2 aromatic rings. The highest BCUT2D eigenvalue weighted by Crippen LogP contribution is 2.30. The minimum Gasteiger partial charge on any atom is -0.481 e. The number of hydrogen-bond acceptors (Lipinski definition) is 5. The Morgan fingerprint density at radius 1 is 1.35 bits per heavy atom. The zero-order valence-corrected chi connectivity index (χ0v) is 16.9. The van der Waals surface area contributed by atoms with Gasteiger partial charge in [0.15, 0.2) is 11.2 Å². The lowest BCUT2D eigenvalue weighted by atomic mass is 10.0. The molecule has 5 nitrogen and oxygen atoms in total. The first-order chi connectivity index (χ1) is 12.3. The first-order valence-electron chi connectivity index (χ1n) is 9.08. The van der Waals surface area contributed by atoms with E-state index in [4.69, 9.17) is 4.74 Å². The number of aromatic nitrogens is 1. The molecule has 1 aromatic heterocycles. The van der Waals surface area contributed by atoms with Crippen LogP contribution < -0.4 is 10.1 Å². The number of aryl methyl sites for hydroxylation is 1. The predicted molar refractivity (Wildman–Crippen MR) is 106 cm³/mol. The van der Waals surface area contributed by atoms with E-state index in [1.54, 1.807) is 18.3 Å². The summed E-state index contributed by atoms with van der Waals surface area (Å²) < 4.78 is 6.00. The van der Waals surface area contributed by atoms with Crippen molar-refractivity contribution in [3.63, 3.8) is 0 Å². The molecule has 140 valence electrons. The molecule has 1 amide bonds. The third-order valence-electron chi connectivity index (χ3n) is 4.62. The number of nitrogens with one attached hydrogen (secondary N) is 1. The number of carbonyl (C=O) groups is 1. The van der Waals surface area contributed by atoms with Gasteiger partial charge < -0.3 is 9.64 Å². The van der Waals surface area contributed by atoms with Gasteiger partial charge in [-0.2, -0.15) is 0 Å². The molecule has 1 aromatic carbocycles. The van der Waals surface area contributed by atoms with Crippen LogP contribution in [-0.4, -0.2) is 35.5 Å². The number of ether oxygens (including phenoxy) is 1. The standard InChI is InChI=1S/C20H27N3O2S/c1-12(2)15-7-6-13(3)10-17(15)25-14(4)19(24)22-20-21-16-8-9-23(5)11-18(16)26-20/h6-7,10,12,14H,8-9,11H2,1-5H3,(H,21,22,24). The van der Waals surface area contributed by atoms with Crippen LogP contribution >= 0.6 is 11.3 Å². The quantitative estimate of drug-likeness (QED) is 0.862. The van der Waals surface area contributed by atoms with Crippen LogP contribution in [0.5, 0.6) is 5.75 Å². The zero-order chi connectivity index (χ0) is 18.8. The van der Waals surface area contributed by atoms with Crippen LogP contribution in [0.15, 0.2) is 18.2 Å². The van der Waals surface area contributed by atoms with E-state index in [0.29, 0.717) is 11.0 Å². The van der Waals surface area contributed by atoms with Gasteiger partial charge in [-0.15, -0.1) is 11.3 Å². The molecule has 1 unspecified atom stereocenters. The van der Waals surface area contributed by atoms with Gasteiger partial charge in [0, 0.05) is 24.4 Å². The number of carbonyl (C=O) groups excluding carboxylic acids is 1. The molecule has 1 aliphatic heterocycles. The molecule has 0 bridgehead atoms. The Kier molecular flexibility index (Phi) is 5.63. The molecule has 1 atom stereocenters. The number of fused-ring (bicyclic) bond motifs is 1. The molecule has 1 N–H and O–H groups in total. The molecule has 0 saturated heterocycles.